The number of sulfonamides is 1. The van der Waals surface area contributed by atoms with Gasteiger partial charge in [0, 0.05) is 13.0 Å². The summed E-state index contributed by atoms with van der Waals surface area (Å²) in [4.78, 5) is 1.43. The number of hydrogen-bond acceptors (Lipinski definition) is 4. The molecule has 0 aromatic heterocycles. The van der Waals surface area contributed by atoms with Gasteiger partial charge in [-0.2, -0.15) is 0 Å². The molecule has 0 amide bonds. The highest BCUT2D eigenvalue weighted by Crippen LogP contribution is 2.37. The molecule has 1 aromatic rings. The van der Waals surface area contributed by atoms with Crippen LogP contribution in [-0.4, -0.2) is 54.9 Å². The number of benzene rings is 1. The van der Waals surface area contributed by atoms with Gasteiger partial charge in [-0.25, -0.2) is 13.1 Å². The first-order valence-electron chi connectivity index (χ1n) is 7.38. The van der Waals surface area contributed by atoms with E-state index in [1.54, 1.807) is 0 Å². The van der Waals surface area contributed by atoms with Crippen LogP contribution in [0.15, 0.2) is 17.0 Å². The zero-order chi connectivity index (χ0) is 16.9. The van der Waals surface area contributed by atoms with Crippen molar-refractivity contribution in [2.75, 3.05) is 46.5 Å². The molecular formula is C14H21Cl2N2O4S+. The maximum atomic E-state index is 12.4. The van der Waals surface area contributed by atoms with E-state index in [1.165, 1.54) is 24.1 Å². The molecule has 1 aliphatic heterocycles. The first-order chi connectivity index (χ1) is 11.0. The van der Waals surface area contributed by atoms with Gasteiger partial charge in [-0.1, -0.05) is 23.2 Å². The molecule has 0 radical (unpaired) electrons. The molecule has 0 atom stereocenters. The Hall–Kier alpha value is -0.570. The predicted molar refractivity (Wildman–Crippen MR) is 89.2 cm³/mol. The Bertz CT molecular complexity index is 634. The van der Waals surface area contributed by atoms with Crippen LogP contribution in [0.3, 0.4) is 0 Å². The molecule has 2 rings (SSSR count). The summed E-state index contributed by atoms with van der Waals surface area (Å²) in [7, 11) is -2.34. The van der Waals surface area contributed by atoms with Crippen LogP contribution in [0.5, 0.6) is 5.75 Å². The Morgan fingerprint density at radius 3 is 2.65 bits per heavy atom. The van der Waals surface area contributed by atoms with E-state index in [4.69, 9.17) is 32.7 Å². The number of morpholine rings is 1. The van der Waals surface area contributed by atoms with Crippen LogP contribution in [0.25, 0.3) is 0 Å². The van der Waals surface area contributed by atoms with Gasteiger partial charge in [-0.3, -0.25) is 0 Å². The number of quaternary nitrogens is 1. The fraction of sp³-hybridized carbons (Fsp3) is 0.571. The SMILES string of the molecule is COc1c(S(=O)(=O)NCCC[NH+]2CCOCC2)ccc(Cl)c1Cl. The zero-order valence-electron chi connectivity index (χ0n) is 12.9. The molecule has 0 bridgehead atoms. The molecule has 1 heterocycles. The standard InChI is InChI=1S/C14H20Cl2N2O4S/c1-21-14-12(4-3-11(15)13(14)16)23(19,20)17-5-2-6-18-7-9-22-10-8-18/h3-4,17H,2,5-10H2,1H3/p+1. The van der Waals surface area contributed by atoms with E-state index >= 15 is 0 Å². The average Bonchev–Trinajstić information content (AvgIpc) is 2.55. The number of halogens is 2. The monoisotopic (exact) mass is 383 g/mol. The van der Waals surface area contributed by atoms with Gasteiger partial charge in [0.05, 0.1) is 31.9 Å². The van der Waals surface area contributed by atoms with Crippen molar-refractivity contribution in [2.24, 2.45) is 0 Å². The second kappa shape index (κ2) is 8.50. The fourth-order valence-corrected chi connectivity index (χ4v) is 4.14. The lowest BCUT2D eigenvalue weighted by Crippen LogP contribution is -3.14. The lowest BCUT2D eigenvalue weighted by atomic mass is 10.3. The van der Waals surface area contributed by atoms with E-state index in [2.05, 4.69) is 4.72 Å². The Labute approximate surface area is 146 Å². The highest BCUT2D eigenvalue weighted by Gasteiger charge is 2.23. The summed E-state index contributed by atoms with van der Waals surface area (Å²) in [5.41, 5.74) is 0. The highest BCUT2D eigenvalue weighted by molar-refractivity contribution is 7.89. The van der Waals surface area contributed by atoms with Gasteiger partial charge in [0.2, 0.25) is 10.0 Å². The predicted octanol–water partition coefficient (Wildman–Crippen LogP) is 0.586. The Balaban J connectivity index is 1.95. The lowest BCUT2D eigenvalue weighted by Gasteiger charge is -2.23. The molecule has 0 saturated carbocycles. The molecule has 1 aromatic carbocycles. The van der Waals surface area contributed by atoms with Gasteiger partial charge < -0.3 is 14.4 Å². The molecule has 130 valence electrons. The Kier molecular flexibility index (Phi) is 6.94. The summed E-state index contributed by atoms with van der Waals surface area (Å²) >= 11 is 11.9. The molecule has 2 N–H and O–H groups in total. The summed E-state index contributed by atoms with van der Waals surface area (Å²) < 4.78 is 37.8. The van der Waals surface area contributed by atoms with Gasteiger partial charge >= 0.3 is 0 Å². The normalized spacial score (nSPS) is 16.5. The number of nitrogens with one attached hydrogen (secondary N) is 2. The van der Waals surface area contributed by atoms with Crippen molar-refractivity contribution in [3.8, 4) is 5.75 Å². The van der Waals surface area contributed by atoms with E-state index in [1.807, 2.05) is 0 Å². The van der Waals surface area contributed by atoms with Crippen molar-refractivity contribution in [1.82, 2.24) is 4.72 Å². The van der Waals surface area contributed by atoms with Crippen LogP contribution in [0, 0.1) is 0 Å². The smallest absolute Gasteiger partial charge is 0.244 e. The van der Waals surface area contributed by atoms with Crippen LogP contribution < -0.4 is 14.4 Å². The lowest BCUT2D eigenvalue weighted by molar-refractivity contribution is -0.908. The molecule has 1 aliphatic rings. The third-order valence-electron chi connectivity index (χ3n) is 3.71. The van der Waals surface area contributed by atoms with E-state index in [9.17, 15) is 8.42 Å². The molecule has 0 aliphatic carbocycles. The molecule has 1 saturated heterocycles. The molecule has 0 unspecified atom stereocenters. The summed E-state index contributed by atoms with van der Waals surface area (Å²) in [5, 5.41) is 0.341. The van der Waals surface area contributed by atoms with Gasteiger partial charge in [0.25, 0.3) is 0 Å². The second-order valence-electron chi connectivity index (χ2n) is 5.26. The van der Waals surface area contributed by atoms with Gasteiger partial charge in [0.15, 0.2) is 5.75 Å². The summed E-state index contributed by atoms with van der Waals surface area (Å²) in [6, 6.07) is 2.83. The molecule has 1 fully saturated rings. The largest absolute Gasteiger partial charge is 0.494 e. The maximum Gasteiger partial charge on any atom is 0.244 e. The minimum atomic E-state index is -3.70. The molecule has 0 spiro atoms. The second-order valence-corrected chi connectivity index (χ2v) is 7.78. The molecular weight excluding hydrogens is 363 g/mol. The molecule has 9 heteroatoms. The Morgan fingerprint density at radius 1 is 1.30 bits per heavy atom. The van der Waals surface area contributed by atoms with Crippen LogP contribution in [-0.2, 0) is 14.8 Å². The molecule has 6 nitrogen and oxygen atoms in total. The third-order valence-corrected chi connectivity index (χ3v) is 5.98. The average molecular weight is 384 g/mol. The molecule has 23 heavy (non-hydrogen) atoms. The number of rotatable bonds is 7. The van der Waals surface area contributed by atoms with Crippen LogP contribution >= 0.6 is 23.2 Å². The summed E-state index contributed by atoms with van der Waals surface area (Å²) in [6.07, 6.45) is 0.748. The minimum absolute atomic E-state index is 0.00637. The summed E-state index contributed by atoms with van der Waals surface area (Å²) in [5.74, 6) is 0.0606. The van der Waals surface area contributed by atoms with Crippen molar-refractivity contribution in [2.45, 2.75) is 11.3 Å². The fourth-order valence-electron chi connectivity index (χ4n) is 2.45. The topological polar surface area (TPSA) is 69.1 Å². The number of hydrogen-bond donors (Lipinski definition) is 2. The number of methoxy groups -OCH3 is 1. The van der Waals surface area contributed by atoms with Crippen molar-refractivity contribution in [1.29, 1.82) is 0 Å². The first kappa shape index (κ1) is 18.8. The van der Waals surface area contributed by atoms with Crippen molar-refractivity contribution in [3.05, 3.63) is 22.2 Å². The van der Waals surface area contributed by atoms with E-state index < -0.39 is 10.0 Å². The van der Waals surface area contributed by atoms with Crippen LogP contribution in [0.4, 0.5) is 0 Å². The zero-order valence-corrected chi connectivity index (χ0v) is 15.2. The first-order valence-corrected chi connectivity index (χ1v) is 9.62. The maximum absolute atomic E-state index is 12.4. The van der Waals surface area contributed by atoms with Gasteiger partial charge in [-0.15, -0.1) is 0 Å². The van der Waals surface area contributed by atoms with Gasteiger partial charge in [-0.05, 0) is 12.1 Å². The summed E-state index contributed by atoms with van der Waals surface area (Å²) in [6.45, 7) is 4.73. The van der Waals surface area contributed by atoms with Crippen molar-refractivity contribution < 1.29 is 22.8 Å². The highest BCUT2D eigenvalue weighted by atomic mass is 35.5. The van der Waals surface area contributed by atoms with Crippen LogP contribution in [0.1, 0.15) is 6.42 Å². The minimum Gasteiger partial charge on any atom is -0.494 e. The Morgan fingerprint density at radius 2 is 2.00 bits per heavy atom. The third kappa shape index (κ3) is 4.95. The van der Waals surface area contributed by atoms with E-state index in [0.29, 0.717) is 6.54 Å². The van der Waals surface area contributed by atoms with Crippen molar-refractivity contribution in [3.63, 3.8) is 0 Å². The quantitative estimate of drug-likeness (QED) is 0.676. The van der Waals surface area contributed by atoms with Crippen LogP contribution in [0.2, 0.25) is 10.0 Å². The van der Waals surface area contributed by atoms with Crippen molar-refractivity contribution >= 4 is 33.2 Å². The van der Waals surface area contributed by atoms with E-state index in [-0.39, 0.29) is 20.7 Å². The van der Waals surface area contributed by atoms with E-state index in [0.717, 1.165) is 39.3 Å². The van der Waals surface area contributed by atoms with Gasteiger partial charge in [0.1, 0.15) is 23.0 Å². The number of ether oxygens (including phenoxy) is 2.